The maximum atomic E-state index is 13.1. The highest BCUT2D eigenvalue weighted by Crippen LogP contribution is 2.28. The lowest BCUT2D eigenvalue weighted by Crippen LogP contribution is -2.07. The van der Waals surface area contributed by atoms with E-state index in [2.05, 4.69) is 21.2 Å². The molecule has 1 unspecified atom stereocenters. The summed E-state index contributed by atoms with van der Waals surface area (Å²) in [5.74, 6) is 0.624. The topological polar surface area (TPSA) is 21.3 Å². The van der Waals surface area contributed by atoms with Crippen molar-refractivity contribution in [2.24, 2.45) is 0 Å². The predicted octanol–water partition coefficient (Wildman–Crippen LogP) is 5.08. The summed E-state index contributed by atoms with van der Waals surface area (Å²) >= 11 is 3.40. The molecule has 2 nitrogen and oxygen atoms in total. The molecule has 1 atom stereocenters. The molecule has 20 heavy (non-hydrogen) atoms. The zero-order valence-corrected chi connectivity index (χ0v) is 13.3. The summed E-state index contributed by atoms with van der Waals surface area (Å²) in [5, 5.41) is 3.40. The van der Waals surface area contributed by atoms with Crippen LogP contribution in [-0.4, -0.2) is 7.11 Å². The normalized spacial score (nSPS) is 12.1. The lowest BCUT2D eigenvalue weighted by atomic mass is 10.1. The fourth-order valence-corrected chi connectivity index (χ4v) is 2.84. The summed E-state index contributed by atoms with van der Waals surface area (Å²) in [6.45, 7) is 4.04. The number of nitrogens with one attached hydrogen (secondary N) is 1. The summed E-state index contributed by atoms with van der Waals surface area (Å²) in [6, 6.07) is 10.7. The van der Waals surface area contributed by atoms with E-state index >= 15 is 0 Å². The monoisotopic (exact) mass is 337 g/mol. The standard InChI is InChI=1S/C16H17BrFNO/c1-10-8-13(5-7-16(10)20-3)19-11(2)14-6-4-12(18)9-15(14)17/h4-9,11,19H,1-3H3. The maximum absolute atomic E-state index is 13.1. The van der Waals surface area contributed by atoms with E-state index in [9.17, 15) is 4.39 Å². The van der Waals surface area contributed by atoms with Crippen molar-refractivity contribution in [2.75, 3.05) is 12.4 Å². The van der Waals surface area contributed by atoms with Crippen LogP contribution in [0.15, 0.2) is 40.9 Å². The molecule has 1 N–H and O–H groups in total. The highest BCUT2D eigenvalue weighted by atomic mass is 79.9. The first kappa shape index (κ1) is 14.9. The molecule has 2 aromatic rings. The number of hydrogen-bond acceptors (Lipinski definition) is 2. The Balaban J connectivity index is 2.18. The van der Waals surface area contributed by atoms with Crippen LogP contribution in [-0.2, 0) is 0 Å². The first-order valence-corrected chi connectivity index (χ1v) is 7.16. The molecule has 106 valence electrons. The molecule has 0 amide bonds. The number of aryl methyl sites for hydroxylation is 1. The molecule has 0 heterocycles. The van der Waals surface area contributed by atoms with Gasteiger partial charge in [0.1, 0.15) is 11.6 Å². The highest BCUT2D eigenvalue weighted by molar-refractivity contribution is 9.10. The molecule has 0 aliphatic rings. The number of anilines is 1. The van der Waals surface area contributed by atoms with Crippen LogP contribution in [0.5, 0.6) is 5.75 Å². The van der Waals surface area contributed by atoms with Gasteiger partial charge in [0.05, 0.1) is 7.11 Å². The van der Waals surface area contributed by atoms with Gasteiger partial charge in [-0.3, -0.25) is 0 Å². The van der Waals surface area contributed by atoms with Crippen LogP contribution in [0.4, 0.5) is 10.1 Å². The highest BCUT2D eigenvalue weighted by Gasteiger charge is 2.10. The Bertz CT molecular complexity index is 615. The van der Waals surface area contributed by atoms with Gasteiger partial charge in [-0.2, -0.15) is 0 Å². The Labute approximate surface area is 127 Å². The first-order valence-electron chi connectivity index (χ1n) is 6.37. The van der Waals surface area contributed by atoms with E-state index in [-0.39, 0.29) is 11.9 Å². The Morgan fingerprint density at radius 3 is 2.55 bits per heavy atom. The molecule has 0 aromatic heterocycles. The SMILES string of the molecule is COc1ccc(NC(C)c2ccc(F)cc2Br)cc1C. The van der Waals surface area contributed by atoms with Gasteiger partial charge in [-0.05, 0) is 55.3 Å². The summed E-state index contributed by atoms with van der Waals surface area (Å²) in [4.78, 5) is 0. The van der Waals surface area contributed by atoms with Gasteiger partial charge in [0.15, 0.2) is 0 Å². The predicted molar refractivity (Wildman–Crippen MR) is 83.9 cm³/mol. The molecule has 4 heteroatoms. The molecular weight excluding hydrogens is 321 g/mol. The second-order valence-electron chi connectivity index (χ2n) is 4.72. The summed E-state index contributed by atoms with van der Waals surface area (Å²) < 4.78 is 19.1. The molecule has 2 rings (SSSR count). The van der Waals surface area contributed by atoms with Crippen molar-refractivity contribution in [1.29, 1.82) is 0 Å². The molecule has 2 aromatic carbocycles. The summed E-state index contributed by atoms with van der Waals surface area (Å²) in [5.41, 5.74) is 3.09. The number of methoxy groups -OCH3 is 1. The van der Waals surface area contributed by atoms with Gasteiger partial charge in [-0.15, -0.1) is 0 Å². The number of benzene rings is 2. The van der Waals surface area contributed by atoms with Crippen molar-refractivity contribution in [3.63, 3.8) is 0 Å². The third-order valence-corrected chi connectivity index (χ3v) is 3.89. The first-order chi connectivity index (χ1) is 9.51. The van der Waals surface area contributed by atoms with Crippen LogP contribution < -0.4 is 10.1 Å². The molecule has 0 fully saturated rings. The van der Waals surface area contributed by atoms with E-state index in [1.54, 1.807) is 13.2 Å². The minimum Gasteiger partial charge on any atom is -0.496 e. The smallest absolute Gasteiger partial charge is 0.124 e. The quantitative estimate of drug-likeness (QED) is 0.840. The number of rotatable bonds is 4. The van der Waals surface area contributed by atoms with Crippen LogP contribution in [0.1, 0.15) is 24.1 Å². The summed E-state index contributed by atoms with van der Waals surface area (Å²) in [6.07, 6.45) is 0. The molecule has 0 saturated heterocycles. The van der Waals surface area contributed by atoms with E-state index in [4.69, 9.17) is 4.74 Å². The van der Waals surface area contributed by atoms with Crippen LogP contribution >= 0.6 is 15.9 Å². The van der Waals surface area contributed by atoms with E-state index in [0.717, 1.165) is 27.0 Å². The Morgan fingerprint density at radius 2 is 1.95 bits per heavy atom. The van der Waals surface area contributed by atoms with E-state index in [0.29, 0.717) is 0 Å². The zero-order valence-electron chi connectivity index (χ0n) is 11.7. The van der Waals surface area contributed by atoms with E-state index < -0.39 is 0 Å². The van der Waals surface area contributed by atoms with Crippen LogP contribution in [0.25, 0.3) is 0 Å². The van der Waals surface area contributed by atoms with Gasteiger partial charge >= 0.3 is 0 Å². The van der Waals surface area contributed by atoms with Crippen molar-refractivity contribution in [3.8, 4) is 5.75 Å². The average Bonchev–Trinajstić information content (AvgIpc) is 2.38. The second-order valence-corrected chi connectivity index (χ2v) is 5.57. The van der Waals surface area contributed by atoms with Gasteiger partial charge in [0.25, 0.3) is 0 Å². The van der Waals surface area contributed by atoms with E-state index in [1.807, 2.05) is 32.0 Å². The van der Waals surface area contributed by atoms with Gasteiger partial charge in [0, 0.05) is 16.2 Å². The summed E-state index contributed by atoms with van der Waals surface area (Å²) in [7, 11) is 1.66. The van der Waals surface area contributed by atoms with Crippen molar-refractivity contribution in [3.05, 3.63) is 57.8 Å². The lowest BCUT2D eigenvalue weighted by Gasteiger charge is -2.18. The fraction of sp³-hybridized carbons (Fsp3) is 0.250. The van der Waals surface area contributed by atoms with Crippen LogP contribution in [0.2, 0.25) is 0 Å². The molecule has 0 aliphatic carbocycles. The second kappa shape index (κ2) is 6.27. The molecular formula is C16H17BrFNO. The van der Waals surface area contributed by atoms with Crippen molar-refractivity contribution < 1.29 is 9.13 Å². The van der Waals surface area contributed by atoms with E-state index in [1.165, 1.54) is 12.1 Å². The Kier molecular flexibility index (Phi) is 4.65. The van der Waals surface area contributed by atoms with Crippen molar-refractivity contribution in [1.82, 2.24) is 0 Å². The van der Waals surface area contributed by atoms with Crippen LogP contribution in [0, 0.1) is 12.7 Å². The van der Waals surface area contributed by atoms with Gasteiger partial charge in [0.2, 0.25) is 0 Å². The number of halogens is 2. The fourth-order valence-electron chi connectivity index (χ4n) is 2.15. The minimum absolute atomic E-state index is 0.0674. The zero-order chi connectivity index (χ0) is 14.7. The van der Waals surface area contributed by atoms with Crippen LogP contribution in [0.3, 0.4) is 0 Å². The molecule has 0 bridgehead atoms. The third-order valence-electron chi connectivity index (χ3n) is 3.21. The van der Waals surface area contributed by atoms with Crippen molar-refractivity contribution in [2.45, 2.75) is 19.9 Å². The lowest BCUT2D eigenvalue weighted by molar-refractivity contribution is 0.412. The number of hydrogen-bond donors (Lipinski definition) is 1. The Hall–Kier alpha value is -1.55. The molecule has 0 aliphatic heterocycles. The average molecular weight is 338 g/mol. The molecule has 0 saturated carbocycles. The molecule has 0 radical (unpaired) electrons. The minimum atomic E-state index is -0.242. The third kappa shape index (κ3) is 3.31. The van der Waals surface area contributed by atoms with Gasteiger partial charge in [-0.1, -0.05) is 22.0 Å². The largest absolute Gasteiger partial charge is 0.496 e. The number of ether oxygens (including phenoxy) is 1. The van der Waals surface area contributed by atoms with Gasteiger partial charge in [-0.25, -0.2) is 4.39 Å². The molecule has 0 spiro atoms. The van der Waals surface area contributed by atoms with Gasteiger partial charge < -0.3 is 10.1 Å². The Morgan fingerprint density at radius 1 is 1.20 bits per heavy atom. The van der Waals surface area contributed by atoms with Crippen molar-refractivity contribution >= 4 is 21.6 Å². The maximum Gasteiger partial charge on any atom is 0.124 e.